The van der Waals surface area contributed by atoms with Crippen molar-refractivity contribution in [2.24, 2.45) is 0 Å². The first-order valence-corrected chi connectivity index (χ1v) is 8.10. The number of allylic oxidation sites excluding steroid dienone is 4. The van der Waals surface area contributed by atoms with E-state index in [1.807, 2.05) is 30.3 Å². The van der Waals surface area contributed by atoms with Crippen LogP contribution in [0.5, 0.6) is 0 Å². The van der Waals surface area contributed by atoms with Gasteiger partial charge in [-0.25, -0.2) is 0 Å². The summed E-state index contributed by atoms with van der Waals surface area (Å²) in [7, 11) is 0. The Morgan fingerprint density at radius 1 is 0.773 bits per heavy atom. The molecule has 3 aliphatic rings. The number of hydrogen-bond acceptors (Lipinski definition) is 3. The summed E-state index contributed by atoms with van der Waals surface area (Å²) in [4.78, 5) is 25.1. The molecule has 1 heterocycles. The lowest BCUT2D eigenvalue weighted by Gasteiger charge is -2.37. The quantitative estimate of drug-likeness (QED) is 0.863. The normalized spacial score (nSPS) is 22.4. The molecule has 2 aliphatic carbocycles. The highest BCUT2D eigenvalue weighted by Gasteiger charge is 2.39. The lowest BCUT2D eigenvalue weighted by atomic mass is 9.72. The Bertz CT molecular complexity index is 670. The van der Waals surface area contributed by atoms with Gasteiger partial charge in [-0.15, -0.1) is 0 Å². The maximum absolute atomic E-state index is 12.6. The second-order valence-corrected chi connectivity index (χ2v) is 6.31. The summed E-state index contributed by atoms with van der Waals surface area (Å²) < 4.78 is 0. The fraction of sp³-hybridized carbons (Fsp3) is 0.368. The number of dihydropyridines is 1. The molecule has 4 rings (SSSR count). The summed E-state index contributed by atoms with van der Waals surface area (Å²) in [6.45, 7) is 0. The Morgan fingerprint density at radius 2 is 1.32 bits per heavy atom. The first-order valence-electron chi connectivity index (χ1n) is 8.10. The Hall–Kier alpha value is -2.16. The first-order chi connectivity index (χ1) is 10.8. The third-order valence-corrected chi connectivity index (χ3v) is 4.92. The molecule has 112 valence electrons. The molecule has 1 N–H and O–H groups in total. The molecule has 3 heteroatoms. The van der Waals surface area contributed by atoms with Gasteiger partial charge < -0.3 is 5.32 Å². The van der Waals surface area contributed by atoms with Crippen molar-refractivity contribution in [3.63, 3.8) is 0 Å². The summed E-state index contributed by atoms with van der Waals surface area (Å²) in [6, 6.07) is 10.0. The summed E-state index contributed by atoms with van der Waals surface area (Å²) in [5.74, 6) is 0.244. The highest BCUT2D eigenvalue weighted by Crippen LogP contribution is 2.44. The largest absolute Gasteiger partial charge is 0.362 e. The van der Waals surface area contributed by atoms with Crippen LogP contribution in [0.15, 0.2) is 52.9 Å². The van der Waals surface area contributed by atoms with E-state index in [1.54, 1.807) is 0 Å². The molecule has 0 unspecified atom stereocenters. The molecule has 0 spiro atoms. The van der Waals surface area contributed by atoms with E-state index in [4.69, 9.17) is 0 Å². The Kier molecular flexibility index (Phi) is 3.21. The number of hydrogen-bond donors (Lipinski definition) is 1. The number of ketones is 2. The number of nitrogens with one attached hydrogen (secondary N) is 1. The zero-order valence-electron chi connectivity index (χ0n) is 12.5. The van der Waals surface area contributed by atoms with Crippen LogP contribution in [0.2, 0.25) is 0 Å². The minimum Gasteiger partial charge on any atom is -0.362 e. The van der Waals surface area contributed by atoms with Crippen LogP contribution in [0.4, 0.5) is 0 Å². The van der Waals surface area contributed by atoms with Gasteiger partial charge in [0.1, 0.15) is 0 Å². The molecule has 0 saturated heterocycles. The van der Waals surface area contributed by atoms with Gasteiger partial charge in [0.2, 0.25) is 0 Å². The average Bonchev–Trinajstić information content (AvgIpc) is 2.54. The maximum atomic E-state index is 12.6. The zero-order chi connectivity index (χ0) is 15.1. The number of benzene rings is 1. The van der Waals surface area contributed by atoms with Crippen LogP contribution in [-0.4, -0.2) is 11.6 Å². The van der Waals surface area contributed by atoms with Crippen LogP contribution < -0.4 is 5.32 Å². The van der Waals surface area contributed by atoms with Crippen LogP contribution in [0.3, 0.4) is 0 Å². The first kappa shape index (κ1) is 13.5. The van der Waals surface area contributed by atoms with Crippen molar-refractivity contribution in [2.45, 2.75) is 44.4 Å². The molecule has 3 nitrogen and oxygen atoms in total. The van der Waals surface area contributed by atoms with E-state index in [0.717, 1.165) is 53.8 Å². The van der Waals surface area contributed by atoms with Gasteiger partial charge in [0, 0.05) is 41.3 Å². The molecular formula is C19H19NO2. The van der Waals surface area contributed by atoms with Gasteiger partial charge >= 0.3 is 0 Å². The fourth-order valence-corrected chi connectivity index (χ4v) is 3.96. The highest BCUT2D eigenvalue weighted by molar-refractivity contribution is 6.06. The molecule has 0 aromatic heterocycles. The van der Waals surface area contributed by atoms with Crippen molar-refractivity contribution >= 4 is 11.6 Å². The van der Waals surface area contributed by atoms with E-state index in [2.05, 4.69) is 5.32 Å². The van der Waals surface area contributed by atoms with Crippen LogP contribution in [0, 0.1) is 0 Å². The molecule has 0 radical (unpaired) electrons. The Labute approximate surface area is 130 Å². The predicted octanol–water partition coefficient (Wildman–Crippen LogP) is 3.39. The molecule has 0 atom stereocenters. The Balaban J connectivity index is 1.91. The van der Waals surface area contributed by atoms with Crippen LogP contribution >= 0.6 is 0 Å². The van der Waals surface area contributed by atoms with E-state index in [9.17, 15) is 9.59 Å². The van der Waals surface area contributed by atoms with Gasteiger partial charge in [0.05, 0.1) is 0 Å². The maximum Gasteiger partial charge on any atom is 0.161 e. The number of rotatable bonds is 1. The topological polar surface area (TPSA) is 46.2 Å². The molecule has 0 fully saturated rings. The summed E-state index contributed by atoms with van der Waals surface area (Å²) in [5, 5.41) is 3.44. The molecule has 1 aromatic rings. The van der Waals surface area contributed by atoms with Gasteiger partial charge in [-0.2, -0.15) is 0 Å². The van der Waals surface area contributed by atoms with E-state index in [0.29, 0.717) is 12.8 Å². The lowest BCUT2D eigenvalue weighted by Crippen LogP contribution is -2.36. The predicted molar refractivity (Wildman–Crippen MR) is 84.1 cm³/mol. The van der Waals surface area contributed by atoms with Gasteiger partial charge in [-0.05, 0) is 31.2 Å². The SMILES string of the molecule is O=C1CCCC2=C1C(c1ccccc1)C1=C(CCCC1=O)N2. The van der Waals surface area contributed by atoms with Gasteiger partial charge in [-0.1, -0.05) is 30.3 Å². The zero-order valence-corrected chi connectivity index (χ0v) is 12.5. The van der Waals surface area contributed by atoms with E-state index < -0.39 is 0 Å². The molecule has 22 heavy (non-hydrogen) atoms. The second-order valence-electron chi connectivity index (χ2n) is 6.31. The molecule has 0 saturated carbocycles. The fourth-order valence-electron chi connectivity index (χ4n) is 3.96. The second kappa shape index (κ2) is 5.24. The van der Waals surface area contributed by atoms with Gasteiger partial charge in [-0.3, -0.25) is 9.59 Å². The molecule has 0 bridgehead atoms. The smallest absolute Gasteiger partial charge is 0.161 e. The van der Waals surface area contributed by atoms with Crippen molar-refractivity contribution in [1.29, 1.82) is 0 Å². The van der Waals surface area contributed by atoms with Crippen molar-refractivity contribution in [3.8, 4) is 0 Å². The average molecular weight is 293 g/mol. The van der Waals surface area contributed by atoms with Crippen LogP contribution in [-0.2, 0) is 9.59 Å². The van der Waals surface area contributed by atoms with E-state index >= 15 is 0 Å². The number of carbonyl (C=O) groups is 2. The molecule has 0 amide bonds. The van der Waals surface area contributed by atoms with E-state index in [1.165, 1.54) is 0 Å². The van der Waals surface area contributed by atoms with Gasteiger partial charge in [0.15, 0.2) is 11.6 Å². The number of Topliss-reactive ketones (excluding diaryl/α,β-unsaturated/α-hetero) is 2. The van der Waals surface area contributed by atoms with E-state index in [-0.39, 0.29) is 17.5 Å². The Morgan fingerprint density at radius 3 is 1.86 bits per heavy atom. The molecule has 1 aliphatic heterocycles. The monoisotopic (exact) mass is 293 g/mol. The van der Waals surface area contributed by atoms with Crippen molar-refractivity contribution in [3.05, 3.63) is 58.4 Å². The van der Waals surface area contributed by atoms with Crippen LogP contribution in [0.1, 0.15) is 50.0 Å². The summed E-state index contributed by atoms with van der Waals surface area (Å²) >= 11 is 0. The van der Waals surface area contributed by atoms with Crippen molar-refractivity contribution in [1.82, 2.24) is 5.32 Å². The molecular weight excluding hydrogens is 274 g/mol. The lowest BCUT2D eigenvalue weighted by molar-refractivity contribution is -0.116. The van der Waals surface area contributed by atoms with Crippen molar-refractivity contribution < 1.29 is 9.59 Å². The minimum absolute atomic E-state index is 0.159. The van der Waals surface area contributed by atoms with Crippen LogP contribution in [0.25, 0.3) is 0 Å². The minimum atomic E-state index is -0.159. The molecule has 1 aromatic carbocycles. The summed E-state index contributed by atoms with van der Waals surface area (Å²) in [6.07, 6.45) is 4.83. The standard InChI is InChI=1S/C19H19NO2/c21-15-10-4-8-13-18(15)17(12-6-2-1-3-7-12)19-14(20-13)9-5-11-16(19)22/h1-3,6-7,17,20H,4-5,8-11H2. The van der Waals surface area contributed by atoms with Crippen molar-refractivity contribution in [2.75, 3.05) is 0 Å². The highest BCUT2D eigenvalue weighted by atomic mass is 16.1. The third kappa shape index (κ3) is 2.04. The number of carbonyl (C=O) groups excluding carboxylic acids is 2. The summed E-state index contributed by atoms with van der Waals surface area (Å²) in [5.41, 5.74) is 4.85. The third-order valence-electron chi connectivity index (χ3n) is 4.92. The van der Waals surface area contributed by atoms with Gasteiger partial charge in [0.25, 0.3) is 0 Å².